The van der Waals surface area contributed by atoms with E-state index in [1.807, 2.05) is 25.1 Å². The van der Waals surface area contributed by atoms with E-state index >= 15 is 0 Å². The summed E-state index contributed by atoms with van der Waals surface area (Å²) in [4.78, 5) is 11.6. The fourth-order valence-corrected chi connectivity index (χ4v) is 2.10. The summed E-state index contributed by atoms with van der Waals surface area (Å²) in [5.41, 5.74) is 1.22. The van der Waals surface area contributed by atoms with Crippen molar-refractivity contribution < 1.29 is 9.53 Å². The number of hydrogen-bond donors (Lipinski definition) is 0. The second-order valence-electron chi connectivity index (χ2n) is 4.03. The highest BCUT2D eigenvalue weighted by atomic mass is 16.5. The first-order valence-electron chi connectivity index (χ1n) is 5.70. The predicted octanol–water partition coefficient (Wildman–Crippen LogP) is 3.05. The standard InChI is InChI=1S/C14H16O2/c1-2-16-14-9-12(8-13(15)10-14)11-6-4-3-5-7-11/h3-7,10,12H,2,8-9H2,1H3. The second kappa shape index (κ2) is 4.97. The average Bonchev–Trinajstić information content (AvgIpc) is 2.30. The van der Waals surface area contributed by atoms with Gasteiger partial charge >= 0.3 is 0 Å². The van der Waals surface area contributed by atoms with Gasteiger partial charge < -0.3 is 4.74 Å². The Bertz CT molecular complexity index is 392. The zero-order chi connectivity index (χ0) is 11.4. The Morgan fingerprint density at radius 3 is 2.69 bits per heavy atom. The molecule has 0 heterocycles. The topological polar surface area (TPSA) is 26.3 Å². The van der Waals surface area contributed by atoms with Gasteiger partial charge in [0.2, 0.25) is 0 Å². The van der Waals surface area contributed by atoms with Crippen LogP contribution in [-0.2, 0) is 9.53 Å². The Balaban J connectivity index is 2.15. The molecule has 0 aliphatic heterocycles. The van der Waals surface area contributed by atoms with Crippen LogP contribution in [0.5, 0.6) is 0 Å². The summed E-state index contributed by atoms with van der Waals surface area (Å²) in [6.45, 7) is 2.57. The SMILES string of the molecule is CCOC1=CC(=O)CC(c2ccccc2)C1. The lowest BCUT2D eigenvalue weighted by Gasteiger charge is -2.22. The monoisotopic (exact) mass is 216 g/mol. The maximum atomic E-state index is 11.6. The molecule has 2 nitrogen and oxygen atoms in total. The van der Waals surface area contributed by atoms with E-state index in [-0.39, 0.29) is 11.7 Å². The lowest BCUT2D eigenvalue weighted by atomic mass is 9.86. The van der Waals surface area contributed by atoms with Crippen LogP contribution in [0.25, 0.3) is 0 Å². The summed E-state index contributed by atoms with van der Waals surface area (Å²) in [6.07, 6.45) is 3.08. The van der Waals surface area contributed by atoms with Gasteiger partial charge in [0.15, 0.2) is 5.78 Å². The lowest BCUT2D eigenvalue weighted by molar-refractivity contribution is -0.115. The van der Waals surface area contributed by atoms with Crippen molar-refractivity contribution in [2.24, 2.45) is 0 Å². The lowest BCUT2D eigenvalue weighted by Crippen LogP contribution is -2.14. The molecule has 2 rings (SSSR count). The summed E-state index contributed by atoms with van der Waals surface area (Å²) in [7, 11) is 0. The summed E-state index contributed by atoms with van der Waals surface area (Å²) < 4.78 is 5.45. The highest BCUT2D eigenvalue weighted by molar-refractivity contribution is 5.91. The largest absolute Gasteiger partial charge is 0.498 e. The van der Waals surface area contributed by atoms with Crippen LogP contribution in [0.4, 0.5) is 0 Å². The zero-order valence-electron chi connectivity index (χ0n) is 9.48. The second-order valence-corrected chi connectivity index (χ2v) is 4.03. The first-order chi connectivity index (χ1) is 7.79. The molecule has 0 N–H and O–H groups in total. The molecule has 1 aromatic rings. The van der Waals surface area contributed by atoms with Crippen LogP contribution < -0.4 is 0 Å². The maximum Gasteiger partial charge on any atom is 0.159 e. The molecular formula is C14H16O2. The number of benzene rings is 1. The van der Waals surface area contributed by atoms with Gasteiger partial charge in [-0.3, -0.25) is 4.79 Å². The molecule has 1 aromatic carbocycles. The van der Waals surface area contributed by atoms with Crippen LogP contribution >= 0.6 is 0 Å². The summed E-state index contributed by atoms with van der Waals surface area (Å²) in [5, 5.41) is 0. The van der Waals surface area contributed by atoms with Crippen LogP contribution in [-0.4, -0.2) is 12.4 Å². The van der Waals surface area contributed by atoms with Crippen LogP contribution in [0.2, 0.25) is 0 Å². The molecule has 0 fully saturated rings. The molecule has 1 aliphatic rings. The van der Waals surface area contributed by atoms with Crippen molar-refractivity contribution in [1.82, 2.24) is 0 Å². The normalized spacial score (nSPS) is 20.4. The molecule has 0 amide bonds. The predicted molar refractivity (Wildman–Crippen MR) is 63.1 cm³/mol. The van der Waals surface area contributed by atoms with Gasteiger partial charge in [0.05, 0.1) is 6.61 Å². The van der Waals surface area contributed by atoms with E-state index in [2.05, 4.69) is 12.1 Å². The van der Waals surface area contributed by atoms with Gasteiger partial charge in [0.25, 0.3) is 0 Å². The molecule has 0 radical (unpaired) electrons. The van der Waals surface area contributed by atoms with Crippen molar-refractivity contribution in [2.45, 2.75) is 25.7 Å². The van der Waals surface area contributed by atoms with E-state index in [1.54, 1.807) is 6.08 Å². The fraction of sp³-hybridized carbons (Fsp3) is 0.357. The summed E-state index contributed by atoms with van der Waals surface area (Å²) in [6, 6.07) is 10.2. The van der Waals surface area contributed by atoms with Gasteiger partial charge in [0.1, 0.15) is 5.76 Å². The van der Waals surface area contributed by atoms with Crippen LogP contribution in [0, 0.1) is 0 Å². The summed E-state index contributed by atoms with van der Waals surface area (Å²) >= 11 is 0. The van der Waals surface area contributed by atoms with E-state index in [1.165, 1.54) is 5.56 Å². The molecule has 84 valence electrons. The molecule has 2 heteroatoms. The molecule has 0 spiro atoms. The molecule has 16 heavy (non-hydrogen) atoms. The Morgan fingerprint density at radius 2 is 2.00 bits per heavy atom. The average molecular weight is 216 g/mol. The number of rotatable bonds is 3. The molecule has 0 saturated heterocycles. The van der Waals surface area contributed by atoms with Crippen LogP contribution in [0.3, 0.4) is 0 Å². The van der Waals surface area contributed by atoms with Crippen molar-refractivity contribution in [3.05, 3.63) is 47.7 Å². The van der Waals surface area contributed by atoms with Crippen LogP contribution in [0.1, 0.15) is 31.2 Å². The van der Waals surface area contributed by atoms with Gasteiger partial charge in [0, 0.05) is 18.9 Å². The minimum absolute atomic E-state index is 0.170. The molecule has 1 atom stereocenters. The van der Waals surface area contributed by atoms with E-state index in [0.29, 0.717) is 13.0 Å². The first kappa shape index (κ1) is 10.9. The quantitative estimate of drug-likeness (QED) is 0.776. The number of allylic oxidation sites excluding steroid dienone is 2. The molecule has 0 aromatic heterocycles. The smallest absolute Gasteiger partial charge is 0.159 e. The number of carbonyl (C=O) groups is 1. The van der Waals surface area contributed by atoms with Crippen molar-refractivity contribution in [2.75, 3.05) is 6.61 Å². The third-order valence-electron chi connectivity index (χ3n) is 2.82. The van der Waals surface area contributed by atoms with E-state index in [0.717, 1.165) is 12.2 Å². The van der Waals surface area contributed by atoms with E-state index in [4.69, 9.17) is 4.74 Å². The van der Waals surface area contributed by atoms with Gasteiger partial charge in [-0.2, -0.15) is 0 Å². The van der Waals surface area contributed by atoms with Gasteiger partial charge in [-0.15, -0.1) is 0 Å². The highest BCUT2D eigenvalue weighted by Crippen LogP contribution is 2.31. The molecule has 0 bridgehead atoms. The number of hydrogen-bond acceptors (Lipinski definition) is 2. The number of ketones is 1. The zero-order valence-corrected chi connectivity index (χ0v) is 9.48. The number of carbonyl (C=O) groups excluding carboxylic acids is 1. The third kappa shape index (κ3) is 2.51. The Kier molecular flexibility index (Phi) is 3.40. The van der Waals surface area contributed by atoms with Gasteiger partial charge in [-0.05, 0) is 18.4 Å². The number of ether oxygens (including phenoxy) is 1. The van der Waals surface area contributed by atoms with Crippen molar-refractivity contribution in [3.8, 4) is 0 Å². The molecular weight excluding hydrogens is 200 g/mol. The van der Waals surface area contributed by atoms with Gasteiger partial charge in [-0.1, -0.05) is 30.3 Å². The minimum Gasteiger partial charge on any atom is -0.498 e. The van der Waals surface area contributed by atoms with Crippen molar-refractivity contribution in [3.63, 3.8) is 0 Å². The maximum absolute atomic E-state index is 11.6. The Hall–Kier alpha value is -1.57. The first-order valence-corrected chi connectivity index (χ1v) is 5.70. The highest BCUT2D eigenvalue weighted by Gasteiger charge is 2.22. The molecule has 0 saturated carbocycles. The van der Waals surface area contributed by atoms with Crippen LogP contribution in [0.15, 0.2) is 42.2 Å². The van der Waals surface area contributed by atoms with Gasteiger partial charge in [-0.25, -0.2) is 0 Å². The fourth-order valence-electron chi connectivity index (χ4n) is 2.10. The molecule has 1 aliphatic carbocycles. The van der Waals surface area contributed by atoms with Crippen molar-refractivity contribution in [1.29, 1.82) is 0 Å². The Morgan fingerprint density at radius 1 is 1.25 bits per heavy atom. The summed E-state index contributed by atoms with van der Waals surface area (Å²) in [5.74, 6) is 1.27. The van der Waals surface area contributed by atoms with E-state index < -0.39 is 0 Å². The Labute approximate surface area is 95.9 Å². The molecule has 1 unspecified atom stereocenters. The minimum atomic E-state index is 0.170. The van der Waals surface area contributed by atoms with Crippen molar-refractivity contribution >= 4 is 5.78 Å². The third-order valence-corrected chi connectivity index (χ3v) is 2.82. The van der Waals surface area contributed by atoms with E-state index in [9.17, 15) is 4.79 Å².